The van der Waals surface area contributed by atoms with E-state index < -0.39 is 0 Å². The molecular formula is C136H124. The molecule has 0 atom stereocenters. The first-order valence-electron chi connectivity index (χ1n) is 47.6. The summed E-state index contributed by atoms with van der Waals surface area (Å²) in [6.45, 7) is 34.1. The standard InChI is InChI=1S/3C20H18.C18H14.C16H14.3C14H14/c1-15-3-7-17(8-4-15)19-11-13-20(14-12-19)18-9-5-16(2)6-10-18;1-15-6-10-17(11-7-15)19-4-3-5-20(14-19)18-12-8-16(2)9-13-18;1-15-7-11-17(12-8-15)19-5-3-4-6-20(19)18-13-9-16(2)10-14-18;1-11-7-13-3-5-15-9-12(2)10-16-6-4-14(8-11)17(13)18(15)16;1-11-3-7-15-13(9-11)5-6-14-10-12(2)4-8-16(14)15;1-11-5-3-7-13(9-11)14-8-4-6-12(2)10-14;1-11-7-3-5-9-13(11)14-10-6-4-8-12(14)2;1-11-6-5-8-13(10-11)14-9-4-3-7-12(14)2/h3*3-14H,1-2H3;3-10H,1-2H3;3-10H,1-2H3;3*3-10H,1-2H3. The highest BCUT2D eigenvalue weighted by Crippen LogP contribution is 2.39. The zero-order valence-electron chi connectivity index (χ0n) is 81.9. The summed E-state index contributed by atoms with van der Waals surface area (Å²) in [6, 6.07) is 165. The van der Waals surface area contributed by atoms with E-state index in [9.17, 15) is 0 Å². The van der Waals surface area contributed by atoms with E-state index in [1.54, 1.807) is 0 Å². The van der Waals surface area contributed by atoms with Crippen molar-refractivity contribution in [2.45, 2.75) is 111 Å². The Morgan fingerprint density at radius 3 is 0.603 bits per heavy atom. The topological polar surface area (TPSA) is 0 Å². The van der Waals surface area contributed by atoms with Crippen molar-refractivity contribution in [2.24, 2.45) is 0 Å². The third kappa shape index (κ3) is 25.0. The third-order valence-corrected chi connectivity index (χ3v) is 25.3. The van der Waals surface area contributed by atoms with Crippen molar-refractivity contribution in [1.82, 2.24) is 0 Å². The van der Waals surface area contributed by atoms with E-state index in [0.717, 1.165) is 0 Å². The summed E-state index contributed by atoms with van der Waals surface area (Å²) in [5.41, 5.74) is 44.2. The van der Waals surface area contributed by atoms with E-state index in [-0.39, 0.29) is 0 Å². The molecule has 0 heterocycles. The molecule has 22 rings (SSSR count). The molecule has 0 amide bonds. The van der Waals surface area contributed by atoms with Crippen molar-refractivity contribution in [3.8, 4) is 100 Å². The SMILES string of the molecule is Cc1cc2ccc3cc(C)cc4ccc(c1)c2c34.Cc1ccc(-c2ccc(-c3ccc(C)cc3)cc2)cc1.Cc1ccc(-c2cccc(-c3ccc(C)cc3)c2)cc1.Cc1ccc(-c2ccccc2-c2ccc(C)cc2)cc1.Cc1ccc2c(ccc3cc(C)ccc32)c1.Cc1cccc(-c2cccc(C)c2)c1.Cc1cccc(-c2ccccc2C)c1.Cc1ccccc1-c1ccccc1C. The first-order valence-corrected chi connectivity index (χ1v) is 47.6. The minimum atomic E-state index is 1.26. The highest BCUT2D eigenvalue weighted by molar-refractivity contribution is 6.23. The average molecular weight is 1760 g/mol. The summed E-state index contributed by atoms with van der Waals surface area (Å²) in [5.74, 6) is 0. The molecule has 668 valence electrons. The number of rotatable bonds is 9. The summed E-state index contributed by atoms with van der Waals surface area (Å²) >= 11 is 0. The maximum atomic E-state index is 2.28. The van der Waals surface area contributed by atoms with Gasteiger partial charge in [0.15, 0.2) is 0 Å². The first kappa shape index (κ1) is 95.0. The molecule has 0 heteroatoms. The van der Waals surface area contributed by atoms with E-state index in [1.807, 2.05) is 0 Å². The lowest BCUT2D eigenvalue weighted by Crippen LogP contribution is -1.86. The van der Waals surface area contributed by atoms with Gasteiger partial charge in [-0.3, -0.25) is 0 Å². The third-order valence-electron chi connectivity index (χ3n) is 25.3. The second-order valence-electron chi connectivity index (χ2n) is 36.8. The lowest BCUT2D eigenvalue weighted by Gasteiger charge is -2.12. The molecule has 0 N–H and O–H groups in total. The molecule has 0 unspecified atom stereocenters. The van der Waals surface area contributed by atoms with Crippen molar-refractivity contribution in [3.63, 3.8) is 0 Å². The predicted molar refractivity (Wildman–Crippen MR) is 595 cm³/mol. The lowest BCUT2D eigenvalue weighted by atomic mass is 9.92. The van der Waals surface area contributed by atoms with Crippen molar-refractivity contribution < 1.29 is 0 Å². The van der Waals surface area contributed by atoms with Gasteiger partial charge in [-0.2, -0.15) is 0 Å². The van der Waals surface area contributed by atoms with Gasteiger partial charge in [0.25, 0.3) is 0 Å². The second kappa shape index (κ2) is 45.2. The van der Waals surface area contributed by atoms with E-state index in [1.165, 1.54) is 243 Å². The van der Waals surface area contributed by atoms with Gasteiger partial charge in [-0.25, -0.2) is 0 Å². The molecule has 0 spiro atoms. The molecule has 22 aromatic rings. The molecule has 136 heavy (non-hydrogen) atoms. The number of aryl methyl sites for hydroxylation is 16. The second-order valence-corrected chi connectivity index (χ2v) is 36.8. The number of hydrogen-bond acceptors (Lipinski definition) is 0. The summed E-state index contributed by atoms with van der Waals surface area (Å²) in [5, 5.41) is 13.6. The van der Waals surface area contributed by atoms with Gasteiger partial charge in [0, 0.05) is 0 Å². The maximum Gasteiger partial charge on any atom is -0.00266 e. The Labute approximate surface area is 809 Å². The van der Waals surface area contributed by atoms with Gasteiger partial charge in [-0.15, -0.1) is 0 Å². The Bertz CT molecular complexity index is 7260. The van der Waals surface area contributed by atoms with Crippen LogP contribution in [-0.4, -0.2) is 0 Å². The van der Waals surface area contributed by atoms with Crippen LogP contribution in [0.15, 0.2) is 461 Å². The Morgan fingerprint density at radius 2 is 0.309 bits per heavy atom. The zero-order valence-corrected chi connectivity index (χ0v) is 81.9. The van der Waals surface area contributed by atoms with Crippen molar-refractivity contribution in [2.75, 3.05) is 0 Å². The fourth-order valence-electron chi connectivity index (χ4n) is 17.7. The summed E-state index contributed by atoms with van der Waals surface area (Å²) in [4.78, 5) is 0. The van der Waals surface area contributed by atoms with Crippen molar-refractivity contribution in [3.05, 3.63) is 550 Å². The quantitative estimate of drug-likeness (QED) is 0.126. The average Bonchev–Trinajstić information content (AvgIpc) is 0.741. The fourth-order valence-corrected chi connectivity index (χ4v) is 17.7. The Balaban J connectivity index is 0.000000119. The molecule has 0 aliphatic carbocycles. The van der Waals surface area contributed by atoms with E-state index in [0.29, 0.717) is 0 Å². The fraction of sp³-hybridized carbons (Fsp3) is 0.118. The number of benzene rings is 22. The highest BCUT2D eigenvalue weighted by Gasteiger charge is 2.13. The van der Waals surface area contributed by atoms with Crippen LogP contribution in [0, 0.1) is 111 Å². The summed E-state index contributed by atoms with van der Waals surface area (Å²) in [7, 11) is 0. The molecule has 22 aromatic carbocycles. The number of fused-ring (bicyclic) bond motifs is 3. The van der Waals surface area contributed by atoms with Gasteiger partial charge in [0.1, 0.15) is 0 Å². The van der Waals surface area contributed by atoms with Gasteiger partial charge in [0.2, 0.25) is 0 Å². The molecular weight excluding hydrogens is 1630 g/mol. The first-order chi connectivity index (χ1) is 65.9. The van der Waals surface area contributed by atoms with Crippen LogP contribution in [0.3, 0.4) is 0 Å². The van der Waals surface area contributed by atoms with Crippen LogP contribution >= 0.6 is 0 Å². The normalized spacial score (nSPS) is 10.6. The Hall–Kier alpha value is -15.6. The molecule has 0 nitrogen and oxygen atoms in total. The molecule has 0 aliphatic rings. The monoisotopic (exact) mass is 1760 g/mol. The zero-order chi connectivity index (χ0) is 95.1. The van der Waals surface area contributed by atoms with E-state index >= 15 is 0 Å². The van der Waals surface area contributed by atoms with Crippen LogP contribution in [0.1, 0.15) is 89.0 Å². The summed E-state index contributed by atoms with van der Waals surface area (Å²) < 4.78 is 0. The number of hydrogen-bond donors (Lipinski definition) is 0. The van der Waals surface area contributed by atoms with Crippen LogP contribution in [0.4, 0.5) is 0 Å². The minimum absolute atomic E-state index is 1.26. The molecule has 0 fully saturated rings. The van der Waals surface area contributed by atoms with Crippen LogP contribution in [0.5, 0.6) is 0 Å². The van der Waals surface area contributed by atoms with Crippen molar-refractivity contribution in [1.29, 1.82) is 0 Å². The van der Waals surface area contributed by atoms with Crippen LogP contribution in [0.25, 0.3) is 154 Å². The molecule has 0 aliphatic heterocycles. The molecule has 0 aromatic heterocycles. The van der Waals surface area contributed by atoms with E-state index in [4.69, 9.17) is 0 Å². The predicted octanol–water partition coefficient (Wildman–Crippen LogP) is 38.6. The van der Waals surface area contributed by atoms with Crippen molar-refractivity contribution >= 4 is 53.9 Å². The Morgan fingerprint density at radius 1 is 0.103 bits per heavy atom. The molecule has 0 saturated carbocycles. The molecule has 0 saturated heterocycles. The summed E-state index contributed by atoms with van der Waals surface area (Å²) in [6.07, 6.45) is 0. The van der Waals surface area contributed by atoms with Gasteiger partial charge >= 0.3 is 0 Å². The van der Waals surface area contributed by atoms with Gasteiger partial charge in [-0.05, 0) is 299 Å². The Kier molecular flexibility index (Phi) is 31.6. The highest BCUT2D eigenvalue weighted by atomic mass is 14.2. The molecule has 0 radical (unpaired) electrons. The largest absolute Gasteiger partial charge is 0.0620 e. The van der Waals surface area contributed by atoms with Gasteiger partial charge < -0.3 is 0 Å². The molecule has 0 bridgehead atoms. The van der Waals surface area contributed by atoms with Gasteiger partial charge in [0.05, 0.1) is 0 Å². The van der Waals surface area contributed by atoms with Gasteiger partial charge in [-0.1, -0.05) is 516 Å². The van der Waals surface area contributed by atoms with Crippen LogP contribution < -0.4 is 0 Å². The van der Waals surface area contributed by atoms with E-state index in [2.05, 4.69) is 572 Å². The van der Waals surface area contributed by atoms with Crippen LogP contribution in [-0.2, 0) is 0 Å². The lowest BCUT2D eigenvalue weighted by molar-refractivity contribution is 1.41. The van der Waals surface area contributed by atoms with Crippen LogP contribution in [0.2, 0.25) is 0 Å². The maximum absolute atomic E-state index is 2.28. The minimum Gasteiger partial charge on any atom is -0.0620 e. The smallest absolute Gasteiger partial charge is 0.00266 e.